The van der Waals surface area contributed by atoms with Gasteiger partial charge in [0.15, 0.2) is 17.4 Å². The molecule has 0 bridgehead atoms. The van der Waals surface area contributed by atoms with Crippen LogP contribution >= 0.6 is 0 Å². The molecule has 0 spiro atoms. The number of anilines is 1. The Labute approximate surface area is 193 Å². The van der Waals surface area contributed by atoms with Crippen molar-refractivity contribution in [3.63, 3.8) is 0 Å². The molecule has 2 N–H and O–H groups in total. The van der Waals surface area contributed by atoms with Crippen molar-refractivity contribution in [2.75, 3.05) is 32.0 Å². The van der Waals surface area contributed by atoms with Crippen LogP contribution in [0.2, 0.25) is 0 Å². The van der Waals surface area contributed by atoms with E-state index in [1.165, 1.54) is 18.5 Å². The monoisotopic (exact) mass is 465 g/mol. The van der Waals surface area contributed by atoms with Gasteiger partial charge in [-0.2, -0.15) is 9.07 Å². The number of tetrazole rings is 1. The minimum Gasteiger partial charge on any atom is -0.489 e. The Morgan fingerprint density at radius 2 is 1.79 bits per heavy atom. The van der Waals surface area contributed by atoms with Crippen molar-refractivity contribution in [2.24, 2.45) is 0 Å². The van der Waals surface area contributed by atoms with Crippen LogP contribution < -0.4 is 10.5 Å². The van der Waals surface area contributed by atoms with Gasteiger partial charge >= 0.3 is 0 Å². The smallest absolute Gasteiger partial charge is 0.202 e. The second kappa shape index (κ2) is 9.43. The van der Waals surface area contributed by atoms with Gasteiger partial charge in [0.05, 0.1) is 5.56 Å². The zero-order valence-corrected chi connectivity index (χ0v) is 18.1. The van der Waals surface area contributed by atoms with Crippen LogP contribution in [-0.4, -0.2) is 66.3 Å². The number of nitrogen functional groups attached to an aromatic ring is 1. The third-order valence-corrected chi connectivity index (χ3v) is 5.64. The van der Waals surface area contributed by atoms with Crippen molar-refractivity contribution < 1.29 is 13.5 Å². The van der Waals surface area contributed by atoms with Crippen LogP contribution in [-0.2, 0) is 0 Å². The number of rotatable bonds is 7. The summed E-state index contributed by atoms with van der Waals surface area (Å²) in [6.45, 7) is 2.93. The fourth-order valence-electron chi connectivity index (χ4n) is 3.87. The molecule has 0 saturated carbocycles. The molecule has 0 aliphatic carbocycles. The molecule has 0 amide bonds. The molecule has 174 valence electrons. The molecule has 34 heavy (non-hydrogen) atoms. The average molecular weight is 465 g/mol. The Morgan fingerprint density at radius 1 is 1.00 bits per heavy atom. The quantitative estimate of drug-likeness (QED) is 0.439. The maximum Gasteiger partial charge on any atom is 0.202 e. The van der Waals surface area contributed by atoms with E-state index in [2.05, 4.69) is 35.4 Å². The van der Waals surface area contributed by atoms with E-state index in [4.69, 9.17) is 10.5 Å². The van der Waals surface area contributed by atoms with Gasteiger partial charge in [0, 0.05) is 36.3 Å². The molecule has 4 aromatic rings. The molecule has 0 atom stereocenters. The van der Waals surface area contributed by atoms with E-state index in [1.807, 2.05) is 0 Å². The SMILES string of the molecule is Nc1ncc(-c2cncnc2)cc1-c1nnnn1-c1ccc(OCCN2CCCC2)c(F)c1F. The molecule has 0 radical (unpaired) electrons. The zero-order valence-electron chi connectivity index (χ0n) is 18.1. The maximum atomic E-state index is 15.0. The summed E-state index contributed by atoms with van der Waals surface area (Å²) in [4.78, 5) is 14.4. The fourth-order valence-corrected chi connectivity index (χ4v) is 3.87. The molecule has 1 saturated heterocycles. The van der Waals surface area contributed by atoms with E-state index in [9.17, 15) is 4.39 Å². The first-order valence-electron chi connectivity index (χ1n) is 10.7. The van der Waals surface area contributed by atoms with E-state index in [0.717, 1.165) is 30.6 Å². The number of benzene rings is 1. The van der Waals surface area contributed by atoms with Crippen molar-refractivity contribution in [3.8, 4) is 34.0 Å². The van der Waals surface area contributed by atoms with Crippen molar-refractivity contribution in [1.82, 2.24) is 40.1 Å². The number of pyridine rings is 1. The fraction of sp³-hybridized carbons (Fsp3) is 0.273. The summed E-state index contributed by atoms with van der Waals surface area (Å²) in [5.74, 6) is -2.18. The lowest BCUT2D eigenvalue weighted by atomic mass is 10.1. The van der Waals surface area contributed by atoms with E-state index in [0.29, 0.717) is 23.2 Å². The van der Waals surface area contributed by atoms with Crippen LogP contribution in [0.25, 0.3) is 28.2 Å². The lowest BCUT2D eigenvalue weighted by molar-refractivity contribution is 0.229. The highest BCUT2D eigenvalue weighted by Gasteiger charge is 2.22. The van der Waals surface area contributed by atoms with Crippen molar-refractivity contribution >= 4 is 5.82 Å². The Bertz CT molecular complexity index is 1290. The average Bonchev–Trinajstić information content (AvgIpc) is 3.55. The molecular weight excluding hydrogens is 444 g/mol. The molecular formula is C22H21F2N9O. The van der Waals surface area contributed by atoms with Gasteiger partial charge in [-0.05, 0) is 54.6 Å². The first kappa shape index (κ1) is 21.8. The van der Waals surface area contributed by atoms with Crippen LogP contribution in [0.4, 0.5) is 14.6 Å². The summed E-state index contributed by atoms with van der Waals surface area (Å²) in [5.41, 5.74) is 7.58. The third kappa shape index (κ3) is 4.27. The number of aromatic nitrogens is 7. The Hall–Kier alpha value is -4.06. The van der Waals surface area contributed by atoms with Gasteiger partial charge in [0.25, 0.3) is 0 Å². The highest BCUT2D eigenvalue weighted by Crippen LogP contribution is 2.31. The molecule has 12 heteroatoms. The van der Waals surface area contributed by atoms with Gasteiger partial charge in [0.2, 0.25) is 5.82 Å². The molecule has 5 rings (SSSR count). The van der Waals surface area contributed by atoms with Crippen molar-refractivity contribution in [2.45, 2.75) is 12.8 Å². The van der Waals surface area contributed by atoms with Crippen LogP contribution in [0.5, 0.6) is 5.75 Å². The van der Waals surface area contributed by atoms with Gasteiger partial charge in [-0.1, -0.05) is 0 Å². The standard InChI is InChI=1S/C22H21F2N9O/c23-19-17(3-4-18(20(19)24)34-8-7-32-5-1-2-6-32)33-22(29-30-31-33)16-9-14(12-28-21(16)25)15-10-26-13-27-11-15/h3-4,9-13H,1-2,5-8H2,(H2,25,28). The minimum absolute atomic E-state index is 0.102. The van der Waals surface area contributed by atoms with E-state index in [1.54, 1.807) is 24.7 Å². The first-order chi connectivity index (χ1) is 16.6. The maximum absolute atomic E-state index is 15.0. The largest absolute Gasteiger partial charge is 0.489 e. The van der Waals surface area contributed by atoms with E-state index >= 15 is 4.39 Å². The Balaban J connectivity index is 1.43. The van der Waals surface area contributed by atoms with Crippen LogP contribution in [0.3, 0.4) is 0 Å². The number of ether oxygens (including phenoxy) is 1. The second-order valence-electron chi connectivity index (χ2n) is 7.81. The number of halogens is 2. The predicted octanol–water partition coefficient (Wildman–Crippen LogP) is 2.52. The molecule has 1 fully saturated rings. The summed E-state index contributed by atoms with van der Waals surface area (Å²) in [6, 6.07) is 4.41. The van der Waals surface area contributed by atoms with Crippen molar-refractivity contribution in [3.05, 3.63) is 54.8 Å². The van der Waals surface area contributed by atoms with Crippen LogP contribution in [0.1, 0.15) is 12.8 Å². The molecule has 1 aliphatic rings. The molecule has 3 aromatic heterocycles. The Morgan fingerprint density at radius 3 is 2.59 bits per heavy atom. The van der Waals surface area contributed by atoms with Gasteiger partial charge in [0.1, 0.15) is 24.4 Å². The van der Waals surface area contributed by atoms with Crippen LogP contribution in [0.15, 0.2) is 43.1 Å². The minimum atomic E-state index is -1.13. The summed E-state index contributed by atoms with van der Waals surface area (Å²) in [5, 5.41) is 11.5. The van der Waals surface area contributed by atoms with E-state index < -0.39 is 11.6 Å². The van der Waals surface area contributed by atoms with E-state index in [-0.39, 0.29) is 29.7 Å². The molecule has 1 aromatic carbocycles. The van der Waals surface area contributed by atoms with Gasteiger partial charge in [-0.3, -0.25) is 4.90 Å². The molecule has 1 aliphatic heterocycles. The number of likely N-dealkylation sites (tertiary alicyclic amines) is 1. The first-order valence-corrected chi connectivity index (χ1v) is 10.7. The number of hydrogen-bond acceptors (Lipinski definition) is 9. The zero-order chi connectivity index (χ0) is 23.5. The summed E-state index contributed by atoms with van der Waals surface area (Å²) >= 11 is 0. The second-order valence-corrected chi connectivity index (χ2v) is 7.81. The molecule has 4 heterocycles. The number of nitrogens with two attached hydrogens (primary N) is 1. The normalized spacial score (nSPS) is 13.9. The third-order valence-electron chi connectivity index (χ3n) is 5.64. The molecule has 0 unspecified atom stereocenters. The number of nitrogens with zero attached hydrogens (tertiary/aromatic N) is 8. The summed E-state index contributed by atoms with van der Waals surface area (Å²) in [7, 11) is 0. The molecule has 10 nitrogen and oxygen atoms in total. The highest BCUT2D eigenvalue weighted by molar-refractivity contribution is 5.76. The van der Waals surface area contributed by atoms with Crippen LogP contribution in [0, 0.1) is 11.6 Å². The lowest BCUT2D eigenvalue weighted by Gasteiger charge is -2.16. The highest BCUT2D eigenvalue weighted by atomic mass is 19.2. The lowest BCUT2D eigenvalue weighted by Crippen LogP contribution is -2.25. The summed E-state index contributed by atoms with van der Waals surface area (Å²) < 4.78 is 36.4. The van der Waals surface area contributed by atoms with Gasteiger partial charge in [-0.15, -0.1) is 5.10 Å². The van der Waals surface area contributed by atoms with Gasteiger partial charge in [-0.25, -0.2) is 19.3 Å². The topological polar surface area (TPSA) is 121 Å². The van der Waals surface area contributed by atoms with Crippen molar-refractivity contribution in [1.29, 1.82) is 0 Å². The van der Waals surface area contributed by atoms with Gasteiger partial charge < -0.3 is 10.5 Å². The predicted molar refractivity (Wildman–Crippen MR) is 119 cm³/mol. The Kier molecular flexibility index (Phi) is 6.04. The number of hydrogen-bond donors (Lipinski definition) is 1. The summed E-state index contributed by atoms with van der Waals surface area (Å²) in [6.07, 6.45) is 8.49.